The molecule has 0 aliphatic heterocycles. The van der Waals surface area contributed by atoms with Crippen LogP contribution in [0.5, 0.6) is 0 Å². The zero-order chi connectivity index (χ0) is 13.7. The Hall–Kier alpha value is -1.70. The third-order valence-corrected chi connectivity index (χ3v) is 2.49. The van der Waals surface area contributed by atoms with Gasteiger partial charge in [0.2, 0.25) is 0 Å². The molecule has 0 aromatic heterocycles. The molecule has 0 radical (unpaired) electrons. The zero-order valence-corrected chi connectivity index (χ0v) is 9.92. The molecular weight excluding hydrogens is 264 g/mol. The second-order valence-electron chi connectivity index (χ2n) is 3.43. The number of nitro benzene ring substituents is 1. The lowest BCUT2D eigenvalue weighted by Crippen LogP contribution is -2.40. The van der Waals surface area contributed by atoms with Crippen molar-refractivity contribution in [1.29, 1.82) is 0 Å². The molecule has 0 saturated heterocycles. The van der Waals surface area contributed by atoms with Gasteiger partial charge in [-0.3, -0.25) is 14.9 Å². The zero-order valence-electron chi connectivity index (χ0n) is 9.17. The molecule has 0 atom stereocenters. The maximum absolute atomic E-state index is 11.8. The second kappa shape index (κ2) is 6.29. The SMILES string of the molecule is O=C(NC(CO)CO)c1cccc(Cl)c1[N+](=O)[O-]. The van der Waals surface area contributed by atoms with Gasteiger partial charge in [-0.2, -0.15) is 0 Å². The number of aliphatic hydroxyl groups excluding tert-OH is 2. The van der Waals surface area contributed by atoms with E-state index in [2.05, 4.69) is 5.32 Å². The predicted octanol–water partition coefficient (Wildman–Crippen LogP) is 0.331. The van der Waals surface area contributed by atoms with E-state index in [9.17, 15) is 14.9 Å². The van der Waals surface area contributed by atoms with Crippen molar-refractivity contribution in [3.63, 3.8) is 0 Å². The summed E-state index contributed by atoms with van der Waals surface area (Å²) in [6, 6.07) is 3.06. The van der Waals surface area contributed by atoms with Crippen molar-refractivity contribution in [2.45, 2.75) is 6.04 Å². The molecule has 98 valence electrons. The average Bonchev–Trinajstić information content (AvgIpc) is 2.34. The van der Waals surface area contributed by atoms with E-state index in [0.29, 0.717) is 0 Å². The van der Waals surface area contributed by atoms with E-state index in [-0.39, 0.29) is 10.6 Å². The van der Waals surface area contributed by atoms with Crippen molar-refractivity contribution in [3.05, 3.63) is 38.9 Å². The number of benzene rings is 1. The molecule has 8 heteroatoms. The lowest BCUT2D eigenvalue weighted by Gasteiger charge is -2.13. The normalized spacial score (nSPS) is 10.4. The highest BCUT2D eigenvalue weighted by molar-refractivity contribution is 6.33. The maximum Gasteiger partial charge on any atom is 0.300 e. The first-order chi connectivity index (χ1) is 8.51. The number of rotatable bonds is 5. The number of nitro groups is 1. The van der Waals surface area contributed by atoms with Crippen LogP contribution in [0.3, 0.4) is 0 Å². The van der Waals surface area contributed by atoms with E-state index in [0.717, 1.165) is 0 Å². The highest BCUT2D eigenvalue weighted by atomic mass is 35.5. The number of nitrogens with one attached hydrogen (secondary N) is 1. The number of halogens is 1. The van der Waals surface area contributed by atoms with Crippen LogP contribution in [-0.4, -0.2) is 40.3 Å². The summed E-state index contributed by atoms with van der Waals surface area (Å²) in [5.74, 6) is -0.780. The first kappa shape index (κ1) is 14.4. The van der Waals surface area contributed by atoms with Gasteiger partial charge in [0.1, 0.15) is 10.6 Å². The van der Waals surface area contributed by atoms with Gasteiger partial charge < -0.3 is 15.5 Å². The van der Waals surface area contributed by atoms with E-state index < -0.39 is 35.8 Å². The molecule has 1 rings (SSSR count). The summed E-state index contributed by atoms with van der Waals surface area (Å²) < 4.78 is 0. The third-order valence-electron chi connectivity index (χ3n) is 2.19. The summed E-state index contributed by atoms with van der Waals surface area (Å²) in [6.45, 7) is -0.951. The standard InChI is InChI=1S/C10H11ClN2O5/c11-8-3-1-2-7(9(8)13(17)18)10(16)12-6(4-14)5-15/h1-3,6,14-15H,4-5H2,(H,12,16). The minimum atomic E-state index is -0.879. The van der Waals surface area contributed by atoms with E-state index in [4.69, 9.17) is 21.8 Å². The first-order valence-corrected chi connectivity index (χ1v) is 5.34. The van der Waals surface area contributed by atoms with Crippen LogP contribution >= 0.6 is 11.6 Å². The summed E-state index contributed by atoms with van der Waals surface area (Å²) in [4.78, 5) is 21.8. The van der Waals surface area contributed by atoms with Gasteiger partial charge >= 0.3 is 5.69 Å². The Kier molecular flexibility index (Phi) is 5.02. The number of carbonyl (C=O) groups is 1. The maximum atomic E-state index is 11.8. The van der Waals surface area contributed by atoms with Gasteiger partial charge in [-0.25, -0.2) is 0 Å². The fourth-order valence-corrected chi connectivity index (χ4v) is 1.54. The van der Waals surface area contributed by atoms with Gasteiger partial charge in [0.25, 0.3) is 5.91 Å². The number of nitrogens with zero attached hydrogens (tertiary/aromatic N) is 1. The van der Waals surface area contributed by atoms with Crippen molar-refractivity contribution in [2.75, 3.05) is 13.2 Å². The van der Waals surface area contributed by atoms with Gasteiger partial charge in [0, 0.05) is 0 Å². The van der Waals surface area contributed by atoms with Crippen LogP contribution in [0.4, 0.5) is 5.69 Å². The Bertz CT molecular complexity index is 462. The van der Waals surface area contributed by atoms with Crippen molar-refractivity contribution < 1.29 is 19.9 Å². The van der Waals surface area contributed by atoms with Gasteiger partial charge in [0.05, 0.1) is 24.2 Å². The second-order valence-corrected chi connectivity index (χ2v) is 3.84. The minimum Gasteiger partial charge on any atom is -0.394 e. The van der Waals surface area contributed by atoms with Crippen LogP contribution in [0.15, 0.2) is 18.2 Å². The highest BCUT2D eigenvalue weighted by Crippen LogP contribution is 2.28. The summed E-state index contributed by atoms with van der Waals surface area (Å²) >= 11 is 5.65. The monoisotopic (exact) mass is 274 g/mol. The summed E-state index contributed by atoms with van der Waals surface area (Å²) in [7, 11) is 0. The Balaban J connectivity index is 3.06. The predicted molar refractivity (Wildman–Crippen MR) is 63.5 cm³/mol. The largest absolute Gasteiger partial charge is 0.394 e. The average molecular weight is 275 g/mol. The topological polar surface area (TPSA) is 113 Å². The minimum absolute atomic E-state index is 0.155. The number of para-hydroxylation sites is 1. The van der Waals surface area contributed by atoms with Gasteiger partial charge in [-0.15, -0.1) is 0 Å². The smallest absolute Gasteiger partial charge is 0.300 e. The molecule has 1 aromatic carbocycles. The van der Waals surface area contributed by atoms with Gasteiger partial charge in [-0.1, -0.05) is 17.7 Å². The summed E-state index contributed by atoms with van der Waals surface area (Å²) in [5.41, 5.74) is -0.731. The molecule has 1 aromatic rings. The molecule has 7 nitrogen and oxygen atoms in total. The van der Waals surface area contributed by atoms with Crippen molar-refractivity contribution >= 4 is 23.2 Å². The van der Waals surface area contributed by atoms with E-state index in [1.165, 1.54) is 18.2 Å². The Morgan fingerprint density at radius 2 is 2.06 bits per heavy atom. The molecular formula is C10H11ClN2O5. The summed E-state index contributed by atoms with van der Waals surface area (Å²) in [5, 5.41) is 30.6. The lowest BCUT2D eigenvalue weighted by molar-refractivity contribution is -0.385. The van der Waals surface area contributed by atoms with E-state index >= 15 is 0 Å². The third kappa shape index (κ3) is 3.16. The Labute approximate surface area is 107 Å². The van der Waals surface area contributed by atoms with Crippen LogP contribution in [-0.2, 0) is 0 Å². The van der Waals surface area contributed by atoms with Crippen molar-refractivity contribution in [3.8, 4) is 0 Å². The number of carbonyl (C=O) groups excluding carboxylic acids is 1. The molecule has 0 aliphatic rings. The summed E-state index contributed by atoms with van der Waals surface area (Å²) in [6.07, 6.45) is 0. The van der Waals surface area contributed by atoms with Crippen LogP contribution in [0, 0.1) is 10.1 Å². The van der Waals surface area contributed by atoms with Gasteiger partial charge in [0.15, 0.2) is 0 Å². The molecule has 0 aliphatic carbocycles. The lowest BCUT2D eigenvalue weighted by atomic mass is 10.1. The Morgan fingerprint density at radius 1 is 1.44 bits per heavy atom. The van der Waals surface area contributed by atoms with Crippen molar-refractivity contribution in [1.82, 2.24) is 5.32 Å². The number of aliphatic hydroxyl groups is 2. The number of amides is 1. The highest BCUT2D eigenvalue weighted by Gasteiger charge is 2.24. The molecule has 1 amide bonds. The number of hydrogen-bond donors (Lipinski definition) is 3. The fourth-order valence-electron chi connectivity index (χ4n) is 1.30. The van der Waals surface area contributed by atoms with Gasteiger partial charge in [-0.05, 0) is 12.1 Å². The molecule has 18 heavy (non-hydrogen) atoms. The fraction of sp³-hybridized carbons (Fsp3) is 0.300. The van der Waals surface area contributed by atoms with Crippen LogP contribution < -0.4 is 5.32 Å². The first-order valence-electron chi connectivity index (χ1n) is 4.96. The van der Waals surface area contributed by atoms with Crippen LogP contribution in [0.25, 0.3) is 0 Å². The molecule has 0 spiro atoms. The van der Waals surface area contributed by atoms with Crippen molar-refractivity contribution in [2.24, 2.45) is 0 Å². The molecule has 0 bridgehead atoms. The quantitative estimate of drug-likeness (QED) is 0.529. The molecule has 0 saturated carbocycles. The van der Waals surface area contributed by atoms with E-state index in [1.54, 1.807) is 0 Å². The Morgan fingerprint density at radius 3 is 2.56 bits per heavy atom. The van der Waals surface area contributed by atoms with Crippen LogP contribution in [0.2, 0.25) is 5.02 Å². The number of hydrogen-bond acceptors (Lipinski definition) is 5. The molecule has 0 heterocycles. The van der Waals surface area contributed by atoms with Crippen LogP contribution in [0.1, 0.15) is 10.4 Å². The molecule has 3 N–H and O–H groups in total. The molecule has 0 fully saturated rings. The molecule has 0 unspecified atom stereocenters. The van der Waals surface area contributed by atoms with E-state index in [1.807, 2.05) is 0 Å².